The molecule has 1 unspecified atom stereocenters. The third-order valence-corrected chi connectivity index (χ3v) is 3.07. The normalized spacial score (nSPS) is 14.4. The Bertz CT molecular complexity index is 519. The van der Waals surface area contributed by atoms with Crippen molar-refractivity contribution in [2.45, 2.75) is 25.4 Å². The van der Waals surface area contributed by atoms with Crippen LogP contribution in [-0.4, -0.2) is 19.9 Å². The summed E-state index contributed by atoms with van der Waals surface area (Å²) in [4.78, 5) is 3.92. The van der Waals surface area contributed by atoms with Crippen LogP contribution in [0.15, 0.2) is 30.6 Å². The molecule has 1 atom stereocenters. The lowest BCUT2D eigenvalue weighted by Gasteiger charge is -2.22. The summed E-state index contributed by atoms with van der Waals surface area (Å²) < 4.78 is 14.6. The molecule has 96 valence electrons. The van der Waals surface area contributed by atoms with E-state index in [1.807, 2.05) is 13.1 Å². The van der Waals surface area contributed by atoms with Gasteiger partial charge in [-0.05, 0) is 38.0 Å². The molecule has 4 nitrogen and oxygen atoms in total. The van der Waals surface area contributed by atoms with Crippen molar-refractivity contribution in [1.29, 1.82) is 0 Å². The molecule has 0 aromatic carbocycles. The minimum absolute atomic E-state index is 0.402. The first-order chi connectivity index (χ1) is 8.49. The topological polar surface area (TPSA) is 50.9 Å². The second-order valence-corrected chi connectivity index (χ2v) is 4.58. The molecule has 0 fully saturated rings. The van der Waals surface area contributed by atoms with Crippen molar-refractivity contribution >= 4 is 0 Å². The van der Waals surface area contributed by atoms with Crippen molar-refractivity contribution in [3.05, 3.63) is 47.8 Å². The Kier molecular flexibility index (Phi) is 3.43. The maximum atomic E-state index is 12.8. The second kappa shape index (κ2) is 4.86. The molecule has 0 radical (unpaired) electrons. The van der Waals surface area contributed by atoms with Crippen LogP contribution in [-0.2, 0) is 19.1 Å². The van der Waals surface area contributed by atoms with Gasteiger partial charge >= 0.3 is 0 Å². The van der Waals surface area contributed by atoms with E-state index in [0.717, 1.165) is 11.9 Å². The number of hydrogen-bond donors (Lipinski definition) is 1. The highest BCUT2D eigenvalue weighted by molar-refractivity contribution is 5.13. The van der Waals surface area contributed by atoms with Gasteiger partial charge in [-0.25, -0.2) is 4.39 Å². The van der Waals surface area contributed by atoms with Crippen LogP contribution in [0.2, 0.25) is 0 Å². The van der Waals surface area contributed by atoms with E-state index in [-0.39, 0.29) is 0 Å². The van der Waals surface area contributed by atoms with Crippen molar-refractivity contribution in [1.82, 2.24) is 14.8 Å². The summed E-state index contributed by atoms with van der Waals surface area (Å²) in [5.41, 5.74) is 0.446. The Morgan fingerprint density at radius 3 is 2.72 bits per heavy atom. The van der Waals surface area contributed by atoms with E-state index in [0.29, 0.717) is 18.5 Å². The first-order valence-electron chi connectivity index (χ1n) is 5.80. The average molecular weight is 249 g/mol. The zero-order chi connectivity index (χ0) is 13.2. The highest BCUT2D eigenvalue weighted by atomic mass is 19.1. The smallest absolute Gasteiger partial charge is 0.141 e. The Morgan fingerprint density at radius 2 is 2.17 bits per heavy atom. The average Bonchev–Trinajstić information content (AvgIpc) is 2.73. The fraction of sp³-hybridized carbons (Fsp3) is 0.385. The van der Waals surface area contributed by atoms with Gasteiger partial charge < -0.3 is 5.11 Å². The summed E-state index contributed by atoms with van der Waals surface area (Å²) in [6.45, 7) is 1.68. The second-order valence-electron chi connectivity index (χ2n) is 4.58. The van der Waals surface area contributed by atoms with Crippen molar-refractivity contribution in [2.75, 3.05) is 0 Å². The van der Waals surface area contributed by atoms with Crippen LogP contribution in [0.5, 0.6) is 0 Å². The molecular weight excluding hydrogens is 233 g/mol. The lowest BCUT2D eigenvalue weighted by Crippen LogP contribution is -2.24. The first kappa shape index (κ1) is 12.7. The van der Waals surface area contributed by atoms with E-state index in [4.69, 9.17) is 0 Å². The molecule has 2 aromatic rings. The van der Waals surface area contributed by atoms with Crippen molar-refractivity contribution < 1.29 is 9.50 Å². The SMILES string of the molecule is Cn1nccc1CCC(C)(O)c1ccc(F)cn1. The lowest BCUT2D eigenvalue weighted by molar-refractivity contribution is 0.0430. The Hall–Kier alpha value is -1.75. The predicted octanol–water partition coefficient (Wildman–Crippen LogP) is 1.79. The number of halogens is 1. The number of nitrogens with zero attached hydrogens (tertiary/aromatic N) is 3. The summed E-state index contributed by atoms with van der Waals surface area (Å²) in [6.07, 6.45) is 4.03. The largest absolute Gasteiger partial charge is 0.384 e. The number of aliphatic hydroxyl groups is 1. The number of hydrogen-bond acceptors (Lipinski definition) is 3. The molecule has 0 aliphatic rings. The number of aryl methyl sites for hydroxylation is 2. The van der Waals surface area contributed by atoms with Crippen molar-refractivity contribution in [3.8, 4) is 0 Å². The predicted molar refractivity (Wildman–Crippen MR) is 65.3 cm³/mol. The first-order valence-corrected chi connectivity index (χ1v) is 5.80. The minimum atomic E-state index is -1.07. The van der Waals surface area contributed by atoms with Crippen LogP contribution >= 0.6 is 0 Å². The maximum Gasteiger partial charge on any atom is 0.141 e. The van der Waals surface area contributed by atoms with Gasteiger partial charge in [0.15, 0.2) is 0 Å². The van der Waals surface area contributed by atoms with Gasteiger partial charge in [0.05, 0.1) is 11.9 Å². The summed E-state index contributed by atoms with van der Waals surface area (Å²) in [6, 6.07) is 4.73. The number of aromatic nitrogens is 3. The van der Waals surface area contributed by atoms with Gasteiger partial charge in [-0.3, -0.25) is 9.67 Å². The van der Waals surface area contributed by atoms with Crippen LogP contribution in [0.3, 0.4) is 0 Å². The summed E-state index contributed by atoms with van der Waals surface area (Å²) >= 11 is 0. The van der Waals surface area contributed by atoms with E-state index in [9.17, 15) is 9.50 Å². The third-order valence-electron chi connectivity index (χ3n) is 3.07. The molecule has 2 aromatic heterocycles. The fourth-order valence-electron chi connectivity index (χ4n) is 1.84. The quantitative estimate of drug-likeness (QED) is 0.898. The van der Waals surface area contributed by atoms with Gasteiger partial charge in [0.25, 0.3) is 0 Å². The van der Waals surface area contributed by atoms with Crippen LogP contribution in [0.25, 0.3) is 0 Å². The van der Waals surface area contributed by atoms with Gasteiger partial charge in [-0.15, -0.1) is 0 Å². The molecule has 1 N–H and O–H groups in total. The molecule has 0 saturated carbocycles. The van der Waals surface area contributed by atoms with Gasteiger partial charge in [-0.1, -0.05) is 0 Å². The van der Waals surface area contributed by atoms with E-state index in [1.54, 1.807) is 17.8 Å². The third kappa shape index (κ3) is 2.73. The van der Waals surface area contributed by atoms with Crippen LogP contribution < -0.4 is 0 Å². The molecule has 0 aliphatic heterocycles. The maximum absolute atomic E-state index is 12.8. The van der Waals surface area contributed by atoms with Crippen molar-refractivity contribution in [2.24, 2.45) is 7.05 Å². The molecule has 2 heterocycles. The molecule has 0 saturated heterocycles. The lowest BCUT2D eigenvalue weighted by atomic mass is 9.94. The van der Waals surface area contributed by atoms with Gasteiger partial charge in [0.1, 0.15) is 11.4 Å². The molecule has 0 aliphatic carbocycles. The molecule has 0 spiro atoms. The Labute approximate surface area is 105 Å². The molecule has 0 bridgehead atoms. The zero-order valence-electron chi connectivity index (χ0n) is 10.5. The van der Waals surface area contributed by atoms with Gasteiger partial charge in [-0.2, -0.15) is 5.10 Å². The number of pyridine rings is 1. The monoisotopic (exact) mass is 249 g/mol. The molecule has 0 amide bonds. The van der Waals surface area contributed by atoms with Crippen LogP contribution in [0.1, 0.15) is 24.7 Å². The summed E-state index contributed by atoms with van der Waals surface area (Å²) in [5.74, 6) is -0.402. The Morgan fingerprint density at radius 1 is 1.39 bits per heavy atom. The number of rotatable bonds is 4. The van der Waals surface area contributed by atoms with Gasteiger partial charge in [0, 0.05) is 18.9 Å². The molecule has 5 heteroatoms. The van der Waals surface area contributed by atoms with Crippen LogP contribution in [0, 0.1) is 5.82 Å². The summed E-state index contributed by atoms with van der Waals surface area (Å²) in [5, 5.41) is 14.4. The van der Waals surface area contributed by atoms with E-state index in [2.05, 4.69) is 10.1 Å². The highest BCUT2D eigenvalue weighted by Crippen LogP contribution is 2.24. The van der Waals surface area contributed by atoms with E-state index in [1.165, 1.54) is 12.1 Å². The fourth-order valence-corrected chi connectivity index (χ4v) is 1.84. The minimum Gasteiger partial charge on any atom is -0.384 e. The highest BCUT2D eigenvalue weighted by Gasteiger charge is 2.24. The Balaban J connectivity index is 2.07. The van der Waals surface area contributed by atoms with E-state index < -0.39 is 11.4 Å². The standard InChI is InChI=1S/C13H16FN3O/c1-13(18,12-4-3-10(14)9-15-12)7-5-11-6-8-16-17(11)2/h3-4,6,8-9,18H,5,7H2,1-2H3. The van der Waals surface area contributed by atoms with Gasteiger partial charge in [0.2, 0.25) is 0 Å². The molecule has 18 heavy (non-hydrogen) atoms. The van der Waals surface area contributed by atoms with E-state index >= 15 is 0 Å². The molecular formula is C13H16FN3O. The summed E-state index contributed by atoms with van der Waals surface area (Å²) in [7, 11) is 1.86. The zero-order valence-corrected chi connectivity index (χ0v) is 10.5. The van der Waals surface area contributed by atoms with Crippen LogP contribution in [0.4, 0.5) is 4.39 Å². The molecule has 2 rings (SSSR count). The van der Waals surface area contributed by atoms with Crippen molar-refractivity contribution in [3.63, 3.8) is 0 Å².